The van der Waals surface area contributed by atoms with Gasteiger partial charge in [-0.3, -0.25) is 9.58 Å². The number of rotatable bonds is 6. The predicted octanol–water partition coefficient (Wildman–Crippen LogP) is 2.71. The second kappa shape index (κ2) is 11.0. The van der Waals surface area contributed by atoms with Crippen molar-refractivity contribution in [2.45, 2.75) is 63.6 Å². The van der Waals surface area contributed by atoms with Gasteiger partial charge in [-0.2, -0.15) is 18.3 Å². The molecule has 0 radical (unpaired) electrons. The Hall–Kier alpha value is -1.69. The summed E-state index contributed by atoms with van der Waals surface area (Å²) in [5.41, 5.74) is 1.32. The van der Waals surface area contributed by atoms with Crippen molar-refractivity contribution < 1.29 is 37.3 Å². The molecule has 0 aromatic carbocycles. The van der Waals surface area contributed by atoms with Gasteiger partial charge in [-0.25, -0.2) is 4.79 Å². The first-order valence-corrected chi connectivity index (χ1v) is 11.1. The molecule has 0 saturated carbocycles. The summed E-state index contributed by atoms with van der Waals surface area (Å²) < 4.78 is 51.6. The van der Waals surface area contributed by atoms with E-state index in [2.05, 4.69) is 23.1 Å². The molecular formula is C21H32F3N3O5. The van der Waals surface area contributed by atoms with E-state index >= 15 is 0 Å². The highest BCUT2D eigenvalue weighted by atomic mass is 19.4. The molecule has 1 N–H and O–H groups in total. The average molecular weight is 463 g/mol. The Kier molecular flexibility index (Phi) is 8.54. The van der Waals surface area contributed by atoms with Gasteiger partial charge in [0.1, 0.15) is 0 Å². The van der Waals surface area contributed by atoms with Gasteiger partial charge in [0.25, 0.3) is 0 Å². The van der Waals surface area contributed by atoms with Crippen molar-refractivity contribution in [3.05, 3.63) is 18.0 Å². The van der Waals surface area contributed by atoms with Crippen LogP contribution in [0.4, 0.5) is 13.2 Å². The van der Waals surface area contributed by atoms with Crippen molar-refractivity contribution in [2.75, 3.05) is 39.5 Å². The van der Waals surface area contributed by atoms with Crippen LogP contribution in [0, 0.1) is 5.92 Å². The third-order valence-electron chi connectivity index (χ3n) is 6.04. The first kappa shape index (κ1) is 24.9. The van der Waals surface area contributed by atoms with Gasteiger partial charge in [-0.1, -0.05) is 0 Å². The van der Waals surface area contributed by atoms with Gasteiger partial charge in [0.05, 0.1) is 17.9 Å². The fourth-order valence-corrected chi connectivity index (χ4v) is 4.33. The maximum Gasteiger partial charge on any atom is 0.490 e. The summed E-state index contributed by atoms with van der Waals surface area (Å²) in [6.45, 7) is 9.57. The van der Waals surface area contributed by atoms with Crippen LogP contribution in [-0.2, 0) is 32.1 Å². The van der Waals surface area contributed by atoms with Crippen molar-refractivity contribution in [2.24, 2.45) is 5.92 Å². The van der Waals surface area contributed by atoms with Crippen LogP contribution in [0.15, 0.2) is 12.4 Å². The fourth-order valence-electron chi connectivity index (χ4n) is 4.33. The van der Waals surface area contributed by atoms with Gasteiger partial charge >= 0.3 is 12.1 Å². The molecule has 182 valence electrons. The number of alkyl halides is 3. The zero-order valence-corrected chi connectivity index (χ0v) is 18.4. The van der Waals surface area contributed by atoms with E-state index in [4.69, 9.17) is 24.1 Å². The molecule has 3 aliphatic rings. The van der Waals surface area contributed by atoms with Crippen molar-refractivity contribution in [1.82, 2.24) is 14.7 Å². The minimum atomic E-state index is -5.08. The highest BCUT2D eigenvalue weighted by Gasteiger charge is 2.47. The van der Waals surface area contributed by atoms with E-state index in [1.165, 1.54) is 5.56 Å². The number of hydrogen-bond acceptors (Lipinski definition) is 6. The van der Waals surface area contributed by atoms with Gasteiger partial charge in [-0.15, -0.1) is 0 Å². The third kappa shape index (κ3) is 7.16. The number of aryl methyl sites for hydroxylation is 1. The van der Waals surface area contributed by atoms with E-state index in [1.807, 2.05) is 10.9 Å². The zero-order valence-electron chi connectivity index (χ0n) is 18.4. The summed E-state index contributed by atoms with van der Waals surface area (Å²) in [4.78, 5) is 11.4. The highest BCUT2D eigenvalue weighted by molar-refractivity contribution is 5.73. The largest absolute Gasteiger partial charge is 0.490 e. The Bertz CT molecular complexity index is 731. The van der Waals surface area contributed by atoms with E-state index in [1.54, 1.807) is 0 Å². The molecule has 32 heavy (non-hydrogen) atoms. The normalized spacial score (nSPS) is 23.9. The Morgan fingerprint density at radius 1 is 1.28 bits per heavy atom. The first-order chi connectivity index (χ1) is 15.2. The van der Waals surface area contributed by atoms with Gasteiger partial charge < -0.3 is 19.3 Å². The predicted molar refractivity (Wildman–Crippen MR) is 108 cm³/mol. The van der Waals surface area contributed by atoms with Crippen LogP contribution in [0.1, 0.15) is 38.2 Å². The summed E-state index contributed by atoms with van der Waals surface area (Å²) in [7, 11) is 0. The topological polar surface area (TPSA) is 86.0 Å². The molecule has 1 aromatic rings. The lowest BCUT2D eigenvalue weighted by molar-refractivity contribution is -0.201. The Balaban J connectivity index is 0.000000360. The molecule has 0 amide bonds. The SMILES string of the molecule is CCn1cc(CN2CC3(CC(OCC4CCOCC4)CCO3)C2)cn1.O=C(O)C(F)(F)F. The molecule has 0 bridgehead atoms. The molecular weight excluding hydrogens is 431 g/mol. The third-order valence-corrected chi connectivity index (χ3v) is 6.04. The van der Waals surface area contributed by atoms with Crippen molar-refractivity contribution in [3.8, 4) is 0 Å². The van der Waals surface area contributed by atoms with E-state index in [0.717, 1.165) is 78.3 Å². The number of likely N-dealkylation sites (tertiary alicyclic amines) is 1. The minimum absolute atomic E-state index is 0.0271. The number of carboxylic acid groups (broad SMARTS) is 1. The van der Waals surface area contributed by atoms with E-state index in [-0.39, 0.29) is 5.60 Å². The second-order valence-electron chi connectivity index (χ2n) is 8.69. The Labute approximate surface area is 185 Å². The molecule has 8 nitrogen and oxygen atoms in total. The van der Waals surface area contributed by atoms with Gasteiger partial charge in [0.2, 0.25) is 0 Å². The molecule has 4 heterocycles. The van der Waals surface area contributed by atoms with Crippen molar-refractivity contribution in [1.29, 1.82) is 0 Å². The highest BCUT2D eigenvalue weighted by Crippen LogP contribution is 2.36. The lowest BCUT2D eigenvalue weighted by atomic mass is 9.84. The molecule has 3 aliphatic heterocycles. The molecule has 1 atom stereocenters. The standard InChI is InChI=1S/C19H31N3O3.C2HF3O2/c1-2-22-12-17(10-20-22)11-21-14-19(15-21)9-18(5-8-25-19)24-13-16-3-6-23-7-4-16;3-2(4,5)1(6)7/h10,12,16,18H,2-9,11,13-15H2,1H3;(H,6,7). The maximum atomic E-state index is 10.6. The fraction of sp³-hybridized carbons (Fsp3) is 0.810. The number of halogens is 3. The summed E-state index contributed by atoms with van der Waals surface area (Å²) in [6, 6.07) is 0. The van der Waals surface area contributed by atoms with Gasteiger partial charge in [0.15, 0.2) is 0 Å². The monoisotopic (exact) mass is 463 g/mol. The number of hydrogen-bond donors (Lipinski definition) is 1. The van der Waals surface area contributed by atoms with Crippen LogP contribution in [0.25, 0.3) is 0 Å². The van der Waals surface area contributed by atoms with Gasteiger partial charge in [0, 0.05) is 70.8 Å². The number of aromatic nitrogens is 2. The molecule has 4 rings (SSSR count). The average Bonchev–Trinajstić information content (AvgIpc) is 3.20. The molecule has 0 aliphatic carbocycles. The number of aliphatic carboxylic acids is 1. The molecule has 3 fully saturated rings. The minimum Gasteiger partial charge on any atom is -0.475 e. The summed E-state index contributed by atoms with van der Waals surface area (Å²) >= 11 is 0. The number of carbonyl (C=O) groups is 1. The van der Waals surface area contributed by atoms with Crippen LogP contribution < -0.4 is 0 Å². The number of ether oxygens (including phenoxy) is 3. The van der Waals surface area contributed by atoms with Crippen LogP contribution in [0.2, 0.25) is 0 Å². The molecule has 3 saturated heterocycles. The Morgan fingerprint density at radius 3 is 2.56 bits per heavy atom. The lowest BCUT2D eigenvalue weighted by Crippen LogP contribution is -2.65. The summed E-state index contributed by atoms with van der Waals surface area (Å²) in [5, 5.41) is 11.5. The first-order valence-electron chi connectivity index (χ1n) is 11.1. The van der Waals surface area contributed by atoms with Gasteiger partial charge in [-0.05, 0) is 32.1 Å². The smallest absolute Gasteiger partial charge is 0.475 e. The quantitative estimate of drug-likeness (QED) is 0.694. The van der Waals surface area contributed by atoms with Crippen molar-refractivity contribution >= 4 is 5.97 Å². The van der Waals surface area contributed by atoms with Crippen LogP contribution in [-0.4, -0.2) is 83.2 Å². The summed E-state index contributed by atoms with van der Waals surface area (Å²) in [5.74, 6) is -2.08. The van der Waals surface area contributed by atoms with E-state index in [9.17, 15) is 13.2 Å². The molecule has 1 unspecified atom stereocenters. The summed E-state index contributed by atoms with van der Waals surface area (Å²) in [6.07, 6.45) is 3.78. The van der Waals surface area contributed by atoms with Crippen LogP contribution in [0.3, 0.4) is 0 Å². The lowest BCUT2D eigenvalue weighted by Gasteiger charge is -2.53. The molecule has 11 heteroatoms. The van der Waals surface area contributed by atoms with Crippen molar-refractivity contribution in [3.63, 3.8) is 0 Å². The van der Waals surface area contributed by atoms with E-state index in [0.29, 0.717) is 12.0 Å². The number of nitrogens with zero attached hydrogens (tertiary/aromatic N) is 3. The van der Waals surface area contributed by atoms with Crippen LogP contribution in [0.5, 0.6) is 0 Å². The Morgan fingerprint density at radius 2 is 1.97 bits per heavy atom. The second-order valence-corrected chi connectivity index (χ2v) is 8.69. The zero-order chi connectivity index (χ0) is 23.2. The number of carboxylic acids is 1. The van der Waals surface area contributed by atoms with E-state index < -0.39 is 12.1 Å². The van der Waals surface area contributed by atoms with Crippen LogP contribution >= 0.6 is 0 Å². The molecule has 1 spiro atoms. The maximum absolute atomic E-state index is 10.6. The molecule has 1 aromatic heterocycles.